The van der Waals surface area contributed by atoms with Crippen molar-refractivity contribution in [1.82, 2.24) is 9.72 Å². The summed E-state index contributed by atoms with van der Waals surface area (Å²) in [5.41, 5.74) is 3.16. The molecule has 6 heteroatoms. The summed E-state index contributed by atoms with van der Waals surface area (Å²) >= 11 is 0. The van der Waals surface area contributed by atoms with Crippen LogP contribution in [0.1, 0.15) is 42.3 Å². The van der Waals surface area contributed by atoms with Crippen molar-refractivity contribution in [3.8, 4) is 16.9 Å². The van der Waals surface area contributed by atoms with Gasteiger partial charge in [0.05, 0.1) is 19.3 Å². The predicted octanol–water partition coefficient (Wildman–Crippen LogP) is 4.44. The second-order valence-corrected chi connectivity index (χ2v) is 6.93. The molecule has 0 saturated heterocycles. The lowest BCUT2D eigenvalue weighted by atomic mass is 9.99. The van der Waals surface area contributed by atoms with Gasteiger partial charge in [-0.15, -0.1) is 0 Å². The molecule has 3 aromatic rings. The second kappa shape index (κ2) is 7.39. The van der Waals surface area contributed by atoms with Gasteiger partial charge < -0.3 is 13.8 Å². The molecule has 0 aliphatic carbocycles. The Morgan fingerprint density at radius 1 is 1.26 bits per heavy atom. The zero-order chi connectivity index (χ0) is 19.7. The van der Waals surface area contributed by atoms with E-state index < -0.39 is 0 Å². The molecule has 3 rings (SSSR count). The van der Waals surface area contributed by atoms with E-state index in [1.54, 1.807) is 31.5 Å². The second-order valence-electron chi connectivity index (χ2n) is 6.93. The molecule has 0 amide bonds. The zero-order valence-corrected chi connectivity index (χ0v) is 16.2. The van der Waals surface area contributed by atoms with Gasteiger partial charge in [-0.05, 0) is 43.5 Å². The van der Waals surface area contributed by atoms with Crippen LogP contribution in [0.5, 0.6) is 5.75 Å². The van der Waals surface area contributed by atoms with Crippen LogP contribution in [-0.2, 0) is 6.54 Å². The lowest BCUT2D eigenvalue weighted by molar-refractivity contribution is 0.393. The van der Waals surface area contributed by atoms with E-state index in [4.69, 9.17) is 9.26 Å². The highest BCUT2D eigenvalue weighted by atomic mass is 19.1. The van der Waals surface area contributed by atoms with Gasteiger partial charge in [0.2, 0.25) is 0 Å². The smallest absolute Gasteiger partial charge is 0.250 e. The molecule has 0 unspecified atom stereocenters. The zero-order valence-electron chi connectivity index (χ0n) is 16.2. The SMILES string of the molecule is COc1cc(Cn2cc(-c3c(C)noc3C)ccc2=O)c(F)c(C(C)C)c1. The number of hydrogen-bond acceptors (Lipinski definition) is 4. The standard InChI is InChI=1S/C21H23FN2O3/c1-12(2)18-9-17(26-5)8-16(21(18)22)11-24-10-15(6-7-19(24)25)20-13(3)23-27-14(20)4/h6-10,12H,11H2,1-5H3. The Hall–Kier alpha value is -2.89. The molecule has 0 bridgehead atoms. The molecule has 0 aliphatic heterocycles. The fraction of sp³-hybridized carbons (Fsp3) is 0.333. The molecule has 0 radical (unpaired) electrons. The monoisotopic (exact) mass is 370 g/mol. The van der Waals surface area contributed by atoms with Gasteiger partial charge in [0, 0.05) is 29.0 Å². The van der Waals surface area contributed by atoms with E-state index in [1.165, 1.54) is 10.6 Å². The third kappa shape index (κ3) is 3.65. The van der Waals surface area contributed by atoms with Gasteiger partial charge in [-0.1, -0.05) is 19.0 Å². The highest BCUT2D eigenvalue weighted by Crippen LogP contribution is 2.29. The van der Waals surface area contributed by atoms with Crippen molar-refractivity contribution in [1.29, 1.82) is 0 Å². The molecular formula is C21H23FN2O3. The van der Waals surface area contributed by atoms with Crippen molar-refractivity contribution >= 4 is 0 Å². The first-order valence-corrected chi connectivity index (χ1v) is 8.81. The average Bonchev–Trinajstić information content (AvgIpc) is 2.97. The minimum Gasteiger partial charge on any atom is -0.497 e. The Kier molecular flexibility index (Phi) is 5.17. The fourth-order valence-electron chi connectivity index (χ4n) is 3.21. The van der Waals surface area contributed by atoms with E-state index >= 15 is 0 Å². The van der Waals surface area contributed by atoms with Crippen LogP contribution in [0, 0.1) is 19.7 Å². The Morgan fingerprint density at radius 3 is 2.59 bits per heavy atom. The number of methoxy groups -OCH3 is 1. The maximum Gasteiger partial charge on any atom is 0.250 e. The van der Waals surface area contributed by atoms with Gasteiger partial charge in [-0.3, -0.25) is 4.79 Å². The van der Waals surface area contributed by atoms with Crippen molar-refractivity contribution in [2.75, 3.05) is 7.11 Å². The number of aromatic nitrogens is 2. The minimum atomic E-state index is -0.305. The molecule has 5 nitrogen and oxygen atoms in total. The van der Waals surface area contributed by atoms with Crippen LogP contribution in [0.25, 0.3) is 11.1 Å². The maximum atomic E-state index is 15.0. The minimum absolute atomic E-state index is 0.00390. The number of aryl methyl sites for hydroxylation is 2. The Bertz CT molecular complexity index is 1010. The van der Waals surface area contributed by atoms with Gasteiger partial charge in [-0.25, -0.2) is 4.39 Å². The van der Waals surface area contributed by atoms with Gasteiger partial charge in [0.25, 0.3) is 5.56 Å². The van der Waals surface area contributed by atoms with Crippen LogP contribution < -0.4 is 10.3 Å². The summed E-state index contributed by atoms with van der Waals surface area (Å²) in [5.74, 6) is 0.946. The molecular weight excluding hydrogens is 347 g/mol. The van der Waals surface area contributed by atoms with Crippen LogP contribution in [0.3, 0.4) is 0 Å². The highest BCUT2D eigenvalue weighted by molar-refractivity contribution is 5.66. The highest BCUT2D eigenvalue weighted by Gasteiger charge is 2.16. The maximum absolute atomic E-state index is 15.0. The van der Waals surface area contributed by atoms with Crippen LogP contribution in [-0.4, -0.2) is 16.8 Å². The van der Waals surface area contributed by atoms with E-state index in [0.29, 0.717) is 22.6 Å². The van der Waals surface area contributed by atoms with Gasteiger partial charge in [-0.2, -0.15) is 0 Å². The van der Waals surface area contributed by atoms with Crippen molar-refractivity contribution in [2.45, 2.75) is 40.2 Å². The number of benzene rings is 1. The Morgan fingerprint density at radius 2 is 2.00 bits per heavy atom. The van der Waals surface area contributed by atoms with E-state index in [2.05, 4.69) is 5.16 Å². The molecule has 2 heterocycles. The van der Waals surface area contributed by atoms with Crippen molar-refractivity contribution in [3.05, 3.63) is 69.2 Å². The van der Waals surface area contributed by atoms with E-state index in [9.17, 15) is 9.18 Å². The van der Waals surface area contributed by atoms with Gasteiger partial charge in [0.1, 0.15) is 17.3 Å². The normalized spacial score (nSPS) is 11.2. The third-order valence-electron chi connectivity index (χ3n) is 4.65. The van der Waals surface area contributed by atoms with Crippen molar-refractivity contribution in [2.24, 2.45) is 0 Å². The predicted molar refractivity (Wildman–Crippen MR) is 102 cm³/mol. The Balaban J connectivity index is 2.08. The lowest BCUT2D eigenvalue weighted by Crippen LogP contribution is -2.20. The molecule has 0 atom stereocenters. The number of ether oxygens (including phenoxy) is 1. The molecule has 0 spiro atoms. The van der Waals surface area contributed by atoms with Crippen LogP contribution in [0.15, 0.2) is 39.8 Å². The van der Waals surface area contributed by atoms with E-state index in [1.807, 2.05) is 27.7 Å². The van der Waals surface area contributed by atoms with Gasteiger partial charge >= 0.3 is 0 Å². The molecule has 0 fully saturated rings. The van der Waals surface area contributed by atoms with E-state index in [0.717, 1.165) is 16.8 Å². The van der Waals surface area contributed by atoms with Crippen molar-refractivity contribution < 1.29 is 13.7 Å². The molecule has 0 aliphatic rings. The lowest BCUT2D eigenvalue weighted by Gasteiger charge is -2.15. The fourth-order valence-corrected chi connectivity index (χ4v) is 3.21. The van der Waals surface area contributed by atoms with Crippen LogP contribution >= 0.6 is 0 Å². The summed E-state index contributed by atoms with van der Waals surface area (Å²) < 4.78 is 27.0. The molecule has 1 aromatic carbocycles. The molecule has 27 heavy (non-hydrogen) atoms. The summed E-state index contributed by atoms with van der Waals surface area (Å²) in [6.45, 7) is 7.62. The number of halogens is 1. The average molecular weight is 370 g/mol. The number of rotatable bonds is 5. The van der Waals surface area contributed by atoms with Crippen LogP contribution in [0.2, 0.25) is 0 Å². The number of nitrogens with zero attached hydrogens (tertiary/aromatic N) is 2. The summed E-state index contributed by atoms with van der Waals surface area (Å²) in [7, 11) is 1.55. The Labute approximate surface area is 157 Å². The van der Waals surface area contributed by atoms with Crippen molar-refractivity contribution in [3.63, 3.8) is 0 Å². The summed E-state index contributed by atoms with van der Waals surface area (Å²) in [6, 6.07) is 6.54. The van der Waals surface area contributed by atoms with Gasteiger partial charge in [0.15, 0.2) is 0 Å². The first-order valence-electron chi connectivity index (χ1n) is 8.81. The summed E-state index contributed by atoms with van der Waals surface area (Å²) in [6.07, 6.45) is 1.71. The van der Waals surface area contributed by atoms with Crippen LogP contribution in [0.4, 0.5) is 4.39 Å². The molecule has 0 saturated carbocycles. The number of hydrogen-bond donors (Lipinski definition) is 0. The summed E-state index contributed by atoms with van der Waals surface area (Å²) in [5, 5.41) is 3.96. The first kappa shape index (κ1) is 18.9. The topological polar surface area (TPSA) is 57.3 Å². The van der Waals surface area contributed by atoms with E-state index in [-0.39, 0.29) is 23.8 Å². The summed E-state index contributed by atoms with van der Waals surface area (Å²) in [4.78, 5) is 12.4. The molecule has 0 N–H and O–H groups in total. The number of pyridine rings is 1. The quantitative estimate of drug-likeness (QED) is 0.666. The third-order valence-corrected chi connectivity index (χ3v) is 4.65. The molecule has 142 valence electrons. The molecule has 2 aromatic heterocycles. The largest absolute Gasteiger partial charge is 0.497 e. The first-order chi connectivity index (χ1) is 12.8.